The van der Waals surface area contributed by atoms with Crippen LogP contribution in [0.5, 0.6) is 5.75 Å². The highest BCUT2D eigenvalue weighted by atomic mass is 16.5. The third-order valence-corrected chi connectivity index (χ3v) is 2.89. The van der Waals surface area contributed by atoms with Gasteiger partial charge < -0.3 is 9.15 Å². The molecule has 0 atom stereocenters. The van der Waals surface area contributed by atoms with Crippen molar-refractivity contribution >= 4 is 17.6 Å². The van der Waals surface area contributed by atoms with E-state index in [2.05, 4.69) is 17.4 Å². The molecule has 0 unspecified atom stereocenters. The Morgan fingerprint density at radius 1 is 1.14 bits per heavy atom. The number of carbonyl (C=O) groups excluding carboxylic acids is 2. The quantitative estimate of drug-likeness (QED) is 0.503. The zero-order chi connectivity index (χ0) is 16.1. The van der Waals surface area contributed by atoms with E-state index in [4.69, 9.17) is 9.15 Å². The van der Waals surface area contributed by atoms with Crippen molar-refractivity contribution < 1.29 is 18.7 Å². The molecule has 1 aromatic carbocycles. The highest BCUT2D eigenvalue weighted by Gasteiger charge is 2.11. The SMILES string of the molecule is C=C(NNC(=O)c1ccoc1C)c1ccc(OC(C)=O)cc1. The minimum Gasteiger partial charge on any atom is -0.469 e. The lowest BCUT2D eigenvalue weighted by atomic mass is 10.2. The van der Waals surface area contributed by atoms with E-state index in [1.54, 1.807) is 37.3 Å². The Hall–Kier alpha value is -3.02. The molecule has 0 bridgehead atoms. The summed E-state index contributed by atoms with van der Waals surface area (Å²) < 4.78 is 10.0. The van der Waals surface area contributed by atoms with E-state index in [9.17, 15) is 9.59 Å². The van der Waals surface area contributed by atoms with Crippen molar-refractivity contribution in [1.29, 1.82) is 0 Å². The predicted octanol–water partition coefficient (Wildman–Crippen LogP) is 2.42. The highest BCUT2D eigenvalue weighted by Crippen LogP contribution is 2.16. The van der Waals surface area contributed by atoms with Crippen LogP contribution < -0.4 is 15.6 Å². The largest absolute Gasteiger partial charge is 0.469 e. The molecule has 2 N–H and O–H groups in total. The van der Waals surface area contributed by atoms with E-state index in [-0.39, 0.29) is 11.9 Å². The summed E-state index contributed by atoms with van der Waals surface area (Å²) in [5.41, 5.74) is 6.97. The summed E-state index contributed by atoms with van der Waals surface area (Å²) in [6.07, 6.45) is 1.45. The van der Waals surface area contributed by atoms with Gasteiger partial charge in [0, 0.05) is 6.92 Å². The fraction of sp³-hybridized carbons (Fsp3) is 0.125. The fourth-order valence-electron chi connectivity index (χ4n) is 1.78. The van der Waals surface area contributed by atoms with Crippen LogP contribution in [0.2, 0.25) is 0 Å². The molecular formula is C16H16N2O4. The van der Waals surface area contributed by atoms with Gasteiger partial charge in [0.05, 0.1) is 17.5 Å². The van der Waals surface area contributed by atoms with Crippen LogP contribution in [0.4, 0.5) is 0 Å². The molecule has 6 heteroatoms. The Bertz CT molecular complexity index is 701. The second-order valence-electron chi connectivity index (χ2n) is 4.57. The second-order valence-corrected chi connectivity index (χ2v) is 4.57. The zero-order valence-corrected chi connectivity index (χ0v) is 12.3. The molecule has 6 nitrogen and oxygen atoms in total. The summed E-state index contributed by atoms with van der Waals surface area (Å²) in [7, 11) is 0. The molecule has 0 saturated heterocycles. The third kappa shape index (κ3) is 3.76. The summed E-state index contributed by atoms with van der Waals surface area (Å²) in [4.78, 5) is 22.7. The maximum absolute atomic E-state index is 11.9. The molecule has 2 rings (SSSR count). The van der Waals surface area contributed by atoms with Crippen LogP contribution in [0.3, 0.4) is 0 Å². The summed E-state index contributed by atoms with van der Waals surface area (Å²) in [5.74, 6) is 0.286. The van der Waals surface area contributed by atoms with Crippen molar-refractivity contribution in [2.45, 2.75) is 13.8 Å². The van der Waals surface area contributed by atoms with Gasteiger partial charge in [-0.25, -0.2) is 0 Å². The van der Waals surface area contributed by atoms with E-state index in [1.807, 2.05) is 0 Å². The number of aryl methyl sites for hydroxylation is 1. The number of rotatable bonds is 5. The van der Waals surface area contributed by atoms with Gasteiger partial charge in [-0.15, -0.1) is 0 Å². The first-order valence-corrected chi connectivity index (χ1v) is 6.55. The minimum atomic E-state index is -0.382. The molecule has 114 valence electrons. The van der Waals surface area contributed by atoms with Crippen molar-refractivity contribution in [3.8, 4) is 5.75 Å². The topological polar surface area (TPSA) is 80.6 Å². The molecule has 0 aliphatic carbocycles. The van der Waals surface area contributed by atoms with Gasteiger partial charge in [0.1, 0.15) is 11.5 Å². The fourth-order valence-corrected chi connectivity index (χ4v) is 1.78. The van der Waals surface area contributed by atoms with Crippen LogP contribution in [0.25, 0.3) is 5.70 Å². The number of hydrogen-bond acceptors (Lipinski definition) is 5. The molecule has 0 spiro atoms. The molecule has 1 aromatic heterocycles. The number of carbonyl (C=O) groups is 2. The van der Waals surface area contributed by atoms with Crippen molar-refractivity contribution in [2.24, 2.45) is 0 Å². The lowest BCUT2D eigenvalue weighted by Crippen LogP contribution is -2.35. The number of hydrazine groups is 1. The Morgan fingerprint density at radius 2 is 1.82 bits per heavy atom. The van der Waals surface area contributed by atoms with Crippen LogP contribution >= 0.6 is 0 Å². The average molecular weight is 300 g/mol. The second kappa shape index (κ2) is 6.62. The van der Waals surface area contributed by atoms with Crippen LogP contribution in [0, 0.1) is 6.92 Å². The van der Waals surface area contributed by atoms with Gasteiger partial charge in [-0.1, -0.05) is 6.58 Å². The van der Waals surface area contributed by atoms with Gasteiger partial charge in [0.2, 0.25) is 0 Å². The maximum atomic E-state index is 11.9. The summed E-state index contributed by atoms with van der Waals surface area (Å²) in [5, 5.41) is 0. The monoisotopic (exact) mass is 300 g/mol. The molecule has 0 aliphatic rings. The molecule has 2 aromatic rings. The predicted molar refractivity (Wildman–Crippen MR) is 80.8 cm³/mol. The molecule has 22 heavy (non-hydrogen) atoms. The lowest BCUT2D eigenvalue weighted by molar-refractivity contribution is -0.131. The Balaban J connectivity index is 1.93. The normalized spacial score (nSPS) is 9.91. The van der Waals surface area contributed by atoms with Crippen molar-refractivity contribution in [2.75, 3.05) is 0 Å². The highest BCUT2D eigenvalue weighted by molar-refractivity contribution is 5.95. The van der Waals surface area contributed by atoms with Crippen LogP contribution in [-0.4, -0.2) is 11.9 Å². The number of furan rings is 1. The number of nitrogens with one attached hydrogen (secondary N) is 2. The van der Waals surface area contributed by atoms with E-state index in [0.717, 1.165) is 5.56 Å². The molecule has 0 radical (unpaired) electrons. The summed E-state index contributed by atoms with van der Waals surface area (Å²) in [6.45, 7) is 6.88. The maximum Gasteiger partial charge on any atom is 0.308 e. The minimum absolute atomic E-state index is 0.316. The molecular weight excluding hydrogens is 284 g/mol. The summed E-state index contributed by atoms with van der Waals surface area (Å²) in [6, 6.07) is 8.33. The first-order valence-electron chi connectivity index (χ1n) is 6.55. The van der Waals surface area contributed by atoms with Crippen molar-refractivity contribution in [1.82, 2.24) is 10.9 Å². The standard InChI is InChI=1S/C16H16N2O4/c1-10(13-4-6-14(7-5-13)22-12(3)19)17-18-16(20)15-8-9-21-11(15)2/h4-9,17H,1H2,2-3H3,(H,18,20). The van der Waals surface area contributed by atoms with Gasteiger partial charge in [-0.2, -0.15) is 0 Å². The first kappa shape index (κ1) is 15.4. The molecule has 0 fully saturated rings. The number of ether oxygens (including phenoxy) is 1. The van der Waals surface area contributed by atoms with Crippen LogP contribution in [0.1, 0.15) is 28.6 Å². The lowest BCUT2D eigenvalue weighted by Gasteiger charge is -2.11. The van der Waals surface area contributed by atoms with E-state index in [1.165, 1.54) is 13.2 Å². The van der Waals surface area contributed by atoms with Gasteiger partial charge in [0.25, 0.3) is 5.91 Å². The number of esters is 1. The van der Waals surface area contributed by atoms with E-state index < -0.39 is 0 Å². The third-order valence-electron chi connectivity index (χ3n) is 2.89. The summed E-state index contributed by atoms with van der Waals surface area (Å²) >= 11 is 0. The average Bonchev–Trinajstić information content (AvgIpc) is 2.91. The zero-order valence-electron chi connectivity index (χ0n) is 12.3. The van der Waals surface area contributed by atoms with Crippen molar-refractivity contribution in [3.63, 3.8) is 0 Å². The first-order chi connectivity index (χ1) is 10.5. The molecule has 1 amide bonds. The van der Waals surface area contributed by atoms with E-state index in [0.29, 0.717) is 22.8 Å². The Kier molecular flexibility index (Phi) is 4.63. The van der Waals surface area contributed by atoms with Crippen LogP contribution in [0.15, 0.2) is 47.6 Å². The van der Waals surface area contributed by atoms with Gasteiger partial charge in [0.15, 0.2) is 0 Å². The number of amides is 1. The smallest absolute Gasteiger partial charge is 0.308 e. The van der Waals surface area contributed by atoms with Gasteiger partial charge >= 0.3 is 5.97 Å². The Morgan fingerprint density at radius 3 is 2.36 bits per heavy atom. The van der Waals surface area contributed by atoms with E-state index >= 15 is 0 Å². The molecule has 1 heterocycles. The Labute approximate surface area is 127 Å². The van der Waals surface area contributed by atoms with Gasteiger partial charge in [-0.3, -0.25) is 20.4 Å². The molecule has 0 saturated carbocycles. The number of hydrogen-bond donors (Lipinski definition) is 2. The number of benzene rings is 1. The molecule has 0 aliphatic heterocycles. The van der Waals surface area contributed by atoms with Gasteiger partial charge in [-0.05, 0) is 42.8 Å². The van der Waals surface area contributed by atoms with Crippen LogP contribution in [-0.2, 0) is 4.79 Å². The van der Waals surface area contributed by atoms with Crippen molar-refractivity contribution in [3.05, 3.63) is 60.1 Å².